The lowest BCUT2D eigenvalue weighted by atomic mass is 10.1. The number of carbonyl (C=O) groups excluding carboxylic acids is 1. The quantitative estimate of drug-likeness (QED) is 0.265. The second-order valence-corrected chi connectivity index (χ2v) is 7.06. The molecule has 0 aliphatic carbocycles. The lowest BCUT2D eigenvalue weighted by Gasteiger charge is -2.16. The van der Waals surface area contributed by atoms with Crippen LogP contribution in [-0.4, -0.2) is 12.6 Å². The molecule has 3 aromatic carbocycles. The Kier molecular flexibility index (Phi) is 7.09. The van der Waals surface area contributed by atoms with Crippen LogP contribution in [0.3, 0.4) is 0 Å². The molecule has 0 bridgehead atoms. The number of esters is 1. The van der Waals surface area contributed by atoms with E-state index in [-0.39, 0.29) is 35.2 Å². The number of hydrogen-bond donors (Lipinski definition) is 0. The van der Waals surface area contributed by atoms with E-state index in [1.165, 1.54) is 12.1 Å². The zero-order chi connectivity index (χ0) is 25.1. The first-order valence-electron chi connectivity index (χ1n) is 9.90. The molecule has 0 aliphatic rings. The van der Waals surface area contributed by atoms with Crippen LogP contribution >= 0.6 is 0 Å². The minimum absolute atomic E-state index is 0.0512. The molecule has 0 unspecified atom stereocenters. The summed E-state index contributed by atoms with van der Waals surface area (Å²) < 4.78 is 93.1. The Balaban J connectivity index is 1.95. The lowest BCUT2D eigenvalue weighted by Crippen LogP contribution is -2.08. The van der Waals surface area contributed by atoms with Gasteiger partial charge in [0.1, 0.15) is 23.0 Å². The zero-order valence-electron chi connectivity index (χ0n) is 17.9. The molecule has 0 spiro atoms. The maximum Gasteiger partial charge on any atom is 0.416 e. The van der Waals surface area contributed by atoms with E-state index in [1.54, 1.807) is 13.8 Å². The van der Waals surface area contributed by atoms with Crippen molar-refractivity contribution in [1.29, 1.82) is 0 Å². The van der Waals surface area contributed by atoms with Crippen LogP contribution < -0.4 is 9.47 Å². The average Bonchev–Trinajstić information content (AvgIpc) is 2.75. The number of hydrogen-bond acceptors (Lipinski definition) is 4. The third kappa shape index (κ3) is 6.00. The van der Waals surface area contributed by atoms with Gasteiger partial charge in [-0.05, 0) is 68.4 Å². The van der Waals surface area contributed by atoms with Gasteiger partial charge in [-0.3, -0.25) is 0 Å². The Labute approximate surface area is 190 Å². The summed E-state index contributed by atoms with van der Waals surface area (Å²) in [5, 5.41) is 0. The molecule has 4 nitrogen and oxygen atoms in total. The normalized spacial score (nSPS) is 11.8. The number of halogens is 6. The van der Waals surface area contributed by atoms with Crippen molar-refractivity contribution < 1.29 is 45.3 Å². The SMILES string of the molecule is CCOC(=O)c1cc(Oc2ccc(C(F)(F)F)cc2)cc(Oc2ccc(C(F)(F)F)cc2)c1C. The van der Waals surface area contributed by atoms with Gasteiger partial charge in [-0.1, -0.05) is 0 Å². The molecule has 0 amide bonds. The van der Waals surface area contributed by atoms with Crippen molar-refractivity contribution in [3.8, 4) is 23.0 Å². The fraction of sp³-hybridized carbons (Fsp3) is 0.208. The van der Waals surface area contributed by atoms with E-state index in [0.29, 0.717) is 5.56 Å². The summed E-state index contributed by atoms with van der Waals surface area (Å²) in [6.45, 7) is 3.24. The molecule has 0 aliphatic heterocycles. The number of carbonyl (C=O) groups is 1. The minimum Gasteiger partial charge on any atom is -0.462 e. The Bertz CT molecular complexity index is 1150. The number of alkyl halides is 6. The minimum atomic E-state index is -4.51. The van der Waals surface area contributed by atoms with Gasteiger partial charge < -0.3 is 14.2 Å². The van der Waals surface area contributed by atoms with E-state index in [4.69, 9.17) is 14.2 Å². The molecule has 0 saturated heterocycles. The van der Waals surface area contributed by atoms with Crippen LogP contribution in [0, 0.1) is 6.92 Å². The summed E-state index contributed by atoms with van der Waals surface area (Å²) in [5.74, 6) is -0.428. The smallest absolute Gasteiger partial charge is 0.416 e. The van der Waals surface area contributed by atoms with Gasteiger partial charge in [0, 0.05) is 11.6 Å². The van der Waals surface area contributed by atoms with Gasteiger partial charge in [-0.2, -0.15) is 26.3 Å². The van der Waals surface area contributed by atoms with Crippen LogP contribution in [-0.2, 0) is 17.1 Å². The lowest BCUT2D eigenvalue weighted by molar-refractivity contribution is -0.138. The Morgan fingerprint density at radius 3 is 1.65 bits per heavy atom. The molecule has 0 heterocycles. The average molecular weight is 484 g/mol. The fourth-order valence-corrected chi connectivity index (χ4v) is 2.94. The van der Waals surface area contributed by atoms with E-state index in [2.05, 4.69) is 0 Å². The highest BCUT2D eigenvalue weighted by molar-refractivity contribution is 5.92. The summed E-state index contributed by atoms with van der Waals surface area (Å²) >= 11 is 0. The first-order valence-corrected chi connectivity index (χ1v) is 9.90. The molecule has 0 aromatic heterocycles. The van der Waals surface area contributed by atoms with Crippen LogP contribution in [0.2, 0.25) is 0 Å². The maximum absolute atomic E-state index is 12.8. The van der Waals surface area contributed by atoms with E-state index in [9.17, 15) is 31.1 Å². The molecule has 0 radical (unpaired) electrons. The Morgan fingerprint density at radius 1 is 0.735 bits per heavy atom. The number of benzene rings is 3. The van der Waals surface area contributed by atoms with E-state index >= 15 is 0 Å². The van der Waals surface area contributed by atoms with Crippen molar-refractivity contribution in [3.05, 3.63) is 82.9 Å². The van der Waals surface area contributed by atoms with Crippen molar-refractivity contribution >= 4 is 5.97 Å². The van der Waals surface area contributed by atoms with Gasteiger partial charge >= 0.3 is 18.3 Å². The van der Waals surface area contributed by atoms with Crippen molar-refractivity contribution in [1.82, 2.24) is 0 Å². The Hall–Kier alpha value is -3.69. The largest absolute Gasteiger partial charge is 0.462 e. The highest BCUT2D eigenvalue weighted by atomic mass is 19.4. The van der Waals surface area contributed by atoms with Crippen LogP contribution in [0.1, 0.15) is 34.0 Å². The molecular weight excluding hydrogens is 466 g/mol. The summed E-state index contributed by atoms with van der Waals surface area (Å²) in [6, 6.07) is 10.6. The molecule has 180 valence electrons. The molecule has 0 fully saturated rings. The first kappa shape index (κ1) is 24.9. The Morgan fingerprint density at radius 2 is 1.21 bits per heavy atom. The summed E-state index contributed by atoms with van der Waals surface area (Å²) in [6.07, 6.45) is -9.02. The van der Waals surface area contributed by atoms with Crippen molar-refractivity contribution in [2.24, 2.45) is 0 Å². The first-order chi connectivity index (χ1) is 15.9. The van der Waals surface area contributed by atoms with Gasteiger partial charge in [0.15, 0.2) is 0 Å². The van der Waals surface area contributed by atoms with E-state index in [1.807, 2.05) is 0 Å². The highest BCUT2D eigenvalue weighted by Gasteiger charge is 2.31. The van der Waals surface area contributed by atoms with Gasteiger partial charge in [-0.25, -0.2) is 4.79 Å². The number of ether oxygens (including phenoxy) is 3. The van der Waals surface area contributed by atoms with Crippen LogP contribution in [0.5, 0.6) is 23.0 Å². The molecule has 0 saturated carbocycles. The van der Waals surface area contributed by atoms with Crippen molar-refractivity contribution in [2.45, 2.75) is 26.2 Å². The topological polar surface area (TPSA) is 44.8 Å². The van der Waals surface area contributed by atoms with Gasteiger partial charge in [-0.15, -0.1) is 0 Å². The van der Waals surface area contributed by atoms with Crippen LogP contribution in [0.15, 0.2) is 60.7 Å². The van der Waals surface area contributed by atoms with Crippen LogP contribution in [0.25, 0.3) is 0 Å². The predicted octanol–water partition coefficient (Wildman–Crippen LogP) is 7.79. The fourth-order valence-electron chi connectivity index (χ4n) is 2.94. The third-order valence-corrected chi connectivity index (χ3v) is 4.66. The van der Waals surface area contributed by atoms with Crippen molar-refractivity contribution in [3.63, 3.8) is 0 Å². The predicted molar refractivity (Wildman–Crippen MR) is 110 cm³/mol. The third-order valence-electron chi connectivity index (χ3n) is 4.66. The molecule has 3 rings (SSSR count). The summed E-state index contributed by atoms with van der Waals surface area (Å²) in [7, 11) is 0. The van der Waals surface area contributed by atoms with Gasteiger partial charge in [0.2, 0.25) is 0 Å². The van der Waals surface area contributed by atoms with Crippen molar-refractivity contribution in [2.75, 3.05) is 6.61 Å². The summed E-state index contributed by atoms with van der Waals surface area (Å²) in [5.41, 5.74) is -1.32. The number of rotatable bonds is 6. The second-order valence-electron chi connectivity index (χ2n) is 7.06. The molecule has 10 heteroatoms. The highest BCUT2D eigenvalue weighted by Crippen LogP contribution is 2.37. The zero-order valence-corrected chi connectivity index (χ0v) is 17.9. The van der Waals surface area contributed by atoms with E-state index in [0.717, 1.165) is 48.5 Å². The molecule has 0 N–H and O–H groups in total. The van der Waals surface area contributed by atoms with Crippen LogP contribution in [0.4, 0.5) is 26.3 Å². The monoisotopic (exact) mass is 484 g/mol. The summed E-state index contributed by atoms with van der Waals surface area (Å²) in [4.78, 5) is 12.4. The molecular formula is C24H18F6O4. The molecule has 0 atom stereocenters. The van der Waals surface area contributed by atoms with Gasteiger partial charge in [0.25, 0.3) is 0 Å². The van der Waals surface area contributed by atoms with E-state index < -0.39 is 29.4 Å². The van der Waals surface area contributed by atoms with Gasteiger partial charge in [0.05, 0.1) is 23.3 Å². The molecule has 3 aromatic rings. The standard InChI is InChI=1S/C24H18F6O4/c1-3-32-22(31)20-12-19(33-17-8-4-15(5-9-17)23(25,26)27)13-21(14(20)2)34-18-10-6-16(7-11-18)24(28,29)30/h4-13H,3H2,1-2H3. The second kappa shape index (κ2) is 9.66. The maximum atomic E-state index is 12.8. The molecule has 34 heavy (non-hydrogen) atoms.